The van der Waals surface area contributed by atoms with Crippen molar-refractivity contribution in [2.24, 2.45) is 0 Å². The van der Waals surface area contributed by atoms with Crippen LogP contribution in [-0.2, 0) is 0 Å². The van der Waals surface area contributed by atoms with Crippen LogP contribution in [0.3, 0.4) is 0 Å². The monoisotopic (exact) mass is 373 g/mol. The maximum absolute atomic E-state index is 12.7. The molecule has 0 saturated heterocycles. The fraction of sp³-hybridized carbons (Fsp3) is 0.182. The van der Waals surface area contributed by atoms with Gasteiger partial charge >= 0.3 is 6.03 Å². The third-order valence-electron chi connectivity index (χ3n) is 5.41. The number of hydrogen-bond donors (Lipinski definition) is 3. The van der Waals surface area contributed by atoms with Crippen LogP contribution < -0.4 is 20.9 Å². The lowest BCUT2D eigenvalue weighted by Crippen LogP contribution is -2.44. The number of aromatic nitrogens is 1. The van der Waals surface area contributed by atoms with Crippen molar-refractivity contribution in [1.29, 1.82) is 0 Å². The molecule has 140 valence electrons. The van der Waals surface area contributed by atoms with E-state index in [9.17, 15) is 9.59 Å². The molecule has 0 atom stereocenters. The van der Waals surface area contributed by atoms with Crippen LogP contribution >= 0.6 is 0 Å². The van der Waals surface area contributed by atoms with Crippen LogP contribution in [0.4, 0.5) is 10.5 Å². The minimum atomic E-state index is -0.356. The van der Waals surface area contributed by atoms with Crippen molar-refractivity contribution in [1.82, 2.24) is 10.3 Å². The van der Waals surface area contributed by atoms with Gasteiger partial charge in [0.25, 0.3) is 5.56 Å². The van der Waals surface area contributed by atoms with Crippen molar-refractivity contribution in [2.75, 3.05) is 5.32 Å². The number of ether oxygens (including phenoxy) is 1. The van der Waals surface area contributed by atoms with Gasteiger partial charge in [-0.1, -0.05) is 18.2 Å². The minimum absolute atomic E-state index is 0.186. The number of anilines is 1. The van der Waals surface area contributed by atoms with E-state index in [1.165, 1.54) is 0 Å². The molecule has 1 aromatic heterocycles. The second-order valence-electron chi connectivity index (χ2n) is 7.23. The van der Waals surface area contributed by atoms with Crippen LogP contribution in [0.5, 0.6) is 5.75 Å². The lowest BCUT2D eigenvalue weighted by molar-refractivity contribution is 0.0372. The summed E-state index contributed by atoms with van der Waals surface area (Å²) in [6.45, 7) is 0. The number of urea groups is 1. The predicted octanol–water partition coefficient (Wildman–Crippen LogP) is 4.01. The van der Waals surface area contributed by atoms with E-state index in [1.54, 1.807) is 30.5 Å². The highest BCUT2D eigenvalue weighted by Gasteiger charge is 2.41. The first kappa shape index (κ1) is 16.6. The summed E-state index contributed by atoms with van der Waals surface area (Å²) < 4.78 is 6.17. The molecule has 0 bridgehead atoms. The first-order chi connectivity index (χ1) is 13.6. The van der Waals surface area contributed by atoms with Crippen LogP contribution in [-0.4, -0.2) is 16.6 Å². The predicted molar refractivity (Wildman–Crippen MR) is 108 cm³/mol. The van der Waals surface area contributed by atoms with Crippen LogP contribution in [0.15, 0.2) is 65.6 Å². The zero-order valence-corrected chi connectivity index (χ0v) is 15.1. The first-order valence-electron chi connectivity index (χ1n) is 9.33. The highest BCUT2D eigenvalue weighted by atomic mass is 16.5. The average Bonchev–Trinajstić information content (AvgIpc) is 2.67. The number of fused-ring (bicyclic) bond motifs is 2. The van der Waals surface area contributed by atoms with Crippen LogP contribution in [0.2, 0.25) is 0 Å². The van der Waals surface area contributed by atoms with Gasteiger partial charge in [0.05, 0.1) is 11.4 Å². The summed E-state index contributed by atoms with van der Waals surface area (Å²) in [6, 6.07) is 14.4. The van der Waals surface area contributed by atoms with Crippen molar-refractivity contribution in [3.63, 3.8) is 0 Å². The summed E-state index contributed by atoms with van der Waals surface area (Å²) in [5.41, 5.74) is 1.69. The molecule has 2 heterocycles. The quantitative estimate of drug-likeness (QED) is 0.635. The largest absolute Gasteiger partial charge is 0.482 e. The maximum Gasteiger partial charge on any atom is 0.323 e. The van der Waals surface area contributed by atoms with Gasteiger partial charge in [0.1, 0.15) is 11.4 Å². The molecule has 2 amide bonds. The number of nitrogens with one attached hydrogen (secondary N) is 3. The normalized spacial score (nSPS) is 16.5. The molecule has 3 N–H and O–H groups in total. The Bertz CT molecular complexity index is 1170. The van der Waals surface area contributed by atoms with E-state index in [0.29, 0.717) is 16.5 Å². The number of amides is 2. The molecule has 3 aromatic rings. The van der Waals surface area contributed by atoms with Crippen molar-refractivity contribution in [3.05, 3.63) is 76.7 Å². The zero-order valence-electron chi connectivity index (χ0n) is 15.1. The van der Waals surface area contributed by atoms with Gasteiger partial charge in [-0.2, -0.15) is 0 Å². The molecular formula is C22H19N3O3. The highest BCUT2D eigenvalue weighted by Crippen LogP contribution is 2.44. The average molecular weight is 373 g/mol. The number of H-pyrrole nitrogens is 1. The molecule has 6 nitrogen and oxygen atoms in total. The lowest BCUT2D eigenvalue weighted by Gasteiger charge is -2.43. The third-order valence-corrected chi connectivity index (χ3v) is 5.41. The number of para-hydroxylation sites is 1. The molecule has 1 spiro atoms. The molecule has 1 saturated carbocycles. The summed E-state index contributed by atoms with van der Waals surface area (Å²) in [5.74, 6) is 0.789. The van der Waals surface area contributed by atoms with Gasteiger partial charge in [0, 0.05) is 22.5 Å². The summed E-state index contributed by atoms with van der Waals surface area (Å²) in [6.07, 6.45) is 6.60. The molecule has 0 radical (unpaired) electrons. The first-order valence-corrected chi connectivity index (χ1v) is 9.33. The SMILES string of the molecule is O=C(NC1=CC2(CCC2)Oc2ccccc21)Nc1cccc2c(=O)[nH]ccc12. The van der Waals surface area contributed by atoms with Gasteiger partial charge in [-0.05, 0) is 55.7 Å². The number of carbonyl (C=O) groups excluding carboxylic acids is 1. The van der Waals surface area contributed by atoms with Gasteiger partial charge in [-0.25, -0.2) is 4.79 Å². The number of carbonyl (C=O) groups is 1. The Hall–Kier alpha value is -3.54. The van der Waals surface area contributed by atoms with Crippen molar-refractivity contribution < 1.29 is 9.53 Å². The van der Waals surface area contributed by atoms with Gasteiger partial charge in [-0.3, -0.25) is 4.79 Å². The van der Waals surface area contributed by atoms with E-state index in [-0.39, 0.29) is 17.2 Å². The van der Waals surface area contributed by atoms with Crippen LogP contribution in [0.1, 0.15) is 24.8 Å². The van der Waals surface area contributed by atoms with E-state index in [4.69, 9.17) is 4.74 Å². The second-order valence-corrected chi connectivity index (χ2v) is 7.23. The van der Waals surface area contributed by atoms with Gasteiger partial charge in [0.15, 0.2) is 0 Å². The molecule has 2 aromatic carbocycles. The number of pyridine rings is 1. The van der Waals surface area contributed by atoms with E-state index < -0.39 is 0 Å². The Morgan fingerprint density at radius 2 is 1.86 bits per heavy atom. The Morgan fingerprint density at radius 3 is 2.68 bits per heavy atom. The van der Waals surface area contributed by atoms with Crippen LogP contribution in [0.25, 0.3) is 16.5 Å². The molecule has 2 aliphatic rings. The second kappa shape index (κ2) is 6.27. The van der Waals surface area contributed by atoms with E-state index in [0.717, 1.165) is 36.3 Å². The number of benzene rings is 2. The molecule has 5 rings (SSSR count). The standard InChI is InChI=1S/C22H19N3O3/c26-20-15-6-3-7-17(14(15)9-12-23-20)24-21(27)25-18-13-22(10-4-11-22)28-19-8-2-1-5-16(18)19/h1-3,5-9,12-13H,4,10-11H2,(H,23,26)(H2,24,25,27). The Morgan fingerprint density at radius 1 is 1.00 bits per heavy atom. The number of hydrogen-bond acceptors (Lipinski definition) is 3. The highest BCUT2D eigenvalue weighted by molar-refractivity contribution is 6.03. The van der Waals surface area contributed by atoms with Crippen molar-refractivity contribution in [3.8, 4) is 5.75 Å². The number of aromatic amines is 1. The topological polar surface area (TPSA) is 83.2 Å². The van der Waals surface area contributed by atoms with Crippen molar-refractivity contribution in [2.45, 2.75) is 24.9 Å². The fourth-order valence-electron chi connectivity index (χ4n) is 3.85. The molecule has 6 heteroatoms. The molecule has 28 heavy (non-hydrogen) atoms. The van der Waals surface area contributed by atoms with Crippen LogP contribution in [0, 0.1) is 0 Å². The smallest absolute Gasteiger partial charge is 0.323 e. The Balaban J connectivity index is 1.44. The van der Waals surface area contributed by atoms with E-state index in [1.807, 2.05) is 30.3 Å². The van der Waals surface area contributed by atoms with Crippen molar-refractivity contribution >= 4 is 28.2 Å². The summed E-state index contributed by atoms with van der Waals surface area (Å²) in [4.78, 5) is 27.4. The lowest BCUT2D eigenvalue weighted by atomic mass is 9.77. The third kappa shape index (κ3) is 2.74. The van der Waals surface area contributed by atoms with Gasteiger partial charge < -0.3 is 20.4 Å². The molecule has 1 aliphatic heterocycles. The Labute approximate surface area is 161 Å². The molecular weight excluding hydrogens is 354 g/mol. The molecule has 1 aliphatic carbocycles. The molecule has 1 fully saturated rings. The summed E-state index contributed by atoms with van der Waals surface area (Å²) in [7, 11) is 0. The summed E-state index contributed by atoms with van der Waals surface area (Å²) >= 11 is 0. The maximum atomic E-state index is 12.7. The Kier molecular flexibility index (Phi) is 3.72. The molecule has 0 unspecified atom stereocenters. The minimum Gasteiger partial charge on any atom is -0.482 e. The fourth-order valence-corrected chi connectivity index (χ4v) is 3.85. The van der Waals surface area contributed by atoms with E-state index in [2.05, 4.69) is 15.6 Å². The van der Waals surface area contributed by atoms with Gasteiger partial charge in [0.2, 0.25) is 0 Å². The van der Waals surface area contributed by atoms with Gasteiger partial charge in [-0.15, -0.1) is 0 Å². The zero-order chi connectivity index (χ0) is 19.1. The van der Waals surface area contributed by atoms with E-state index >= 15 is 0 Å². The summed E-state index contributed by atoms with van der Waals surface area (Å²) in [5, 5.41) is 7.07. The number of rotatable bonds is 2.